The minimum Gasteiger partial charge on any atom is -0.311 e. The van der Waals surface area contributed by atoms with Gasteiger partial charge in [0.25, 0.3) is 0 Å². The molecule has 90 valence electrons. The number of benzene rings is 1. The van der Waals surface area contributed by atoms with Crippen molar-refractivity contribution in [3.63, 3.8) is 0 Å². The molecule has 0 aromatic heterocycles. The van der Waals surface area contributed by atoms with E-state index in [0.29, 0.717) is 6.04 Å². The molecular weight excluding hydrogens is 212 g/mol. The van der Waals surface area contributed by atoms with E-state index in [2.05, 4.69) is 24.4 Å². The molecule has 1 N–H and O–H groups in total. The average Bonchev–Trinajstić information content (AvgIpc) is 3.07. The molecule has 3 rings (SSSR count). The Morgan fingerprint density at radius 1 is 1.18 bits per heavy atom. The molecule has 1 atom stereocenters. The van der Waals surface area contributed by atoms with Crippen LogP contribution in [0.4, 0.5) is 5.69 Å². The van der Waals surface area contributed by atoms with Gasteiger partial charge in [-0.05, 0) is 38.3 Å². The van der Waals surface area contributed by atoms with E-state index in [9.17, 15) is 4.79 Å². The van der Waals surface area contributed by atoms with Gasteiger partial charge in [-0.3, -0.25) is 4.79 Å². The Balaban J connectivity index is 1.72. The van der Waals surface area contributed by atoms with Crippen LogP contribution in [-0.4, -0.2) is 24.5 Å². The van der Waals surface area contributed by atoms with E-state index < -0.39 is 0 Å². The van der Waals surface area contributed by atoms with Crippen molar-refractivity contribution in [2.24, 2.45) is 0 Å². The lowest BCUT2D eigenvalue weighted by Gasteiger charge is -2.17. The maximum absolute atomic E-state index is 12.2. The van der Waals surface area contributed by atoms with Gasteiger partial charge in [0, 0.05) is 18.3 Å². The zero-order chi connectivity index (χ0) is 11.8. The first-order chi connectivity index (χ1) is 8.24. The first-order valence-electron chi connectivity index (χ1n) is 6.38. The molecule has 17 heavy (non-hydrogen) atoms. The van der Waals surface area contributed by atoms with Crippen molar-refractivity contribution in [3.8, 4) is 0 Å². The fourth-order valence-corrected chi connectivity index (χ4v) is 2.35. The van der Waals surface area contributed by atoms with Gasteiger partial charge in [0.2, 0.25) is 5.91 Å². The van der Waals surface area contributed by atoms with Crippen LogP contribution in [0.25, 0.3) is 0 Å². The zero-order valence-corrected chi connectivity index (χ0v) is 10.1. The first-order valence-corrected chi connectivity index (χ1v) is 6.38. The summed E-state index contributed by atoms with van der Waals surface area (Å²) in [5.41, 5.74) is 2.26. The number of anilines is 1. The van der Waals surface area contributed by atoms with Gasteiger partial charge in [-0.1, -0.05) is 17.7 Å². The monoisotopic (exact) mass is 230 g/mol. The number of nitrogens with zero attached hydrogens (tertiary/aromatic N) is 1. The Labute approximate surface area is 102 Å². The highest BCUT2D eigenvalue weighted by atomic mass is 16.2. The van der Waals surface area contributed by atoms with E-state index in [4.69, 9.17) is 0 Å². The van der Waals surface area contributed by atoms with Crippen LogP contribution in [-0.2, 0) is 4.79 Å². The van der Waals surface area contributed by atoms with E-state index in [1.165, 1.54) is 18.4 Å². The number of hydrogen-bond acceptors (Lipinski definition) is 2. The standard InChI is InChI=1S/C14H18N2O/c1-10-2-6-12(7-3-10)16-9-8-13(14(16)17)15-11-4-5-11/h2-3,6-7,11,13,15H,4-5,8-9H2,1H3. The lowest BCUT2D eigenvalue weighted by Crippen LogP contribution is -2.39. The molecule has 1 unspecified atom stereocenters. The number of carbonyl (C=O) groups is 1. The van der Waals surface area contributed by atoms with Crippen LogP contribution >= 0.6 is 0 Å². The summed E-state index contributed by atoms with van der Waals surface area (Å²) >= 11 is 0. The van der Waals surface area contributed by atoms with Crippen LogP contribution in [0.15, 0.2) is 24.3 Å². The molecule has 1 amide bonds. The van der Waals surface area contributed by atoms with E-state index >= 15 is 0 Å². The summed E-state index contributed by atoms with van der Waals surface area (Å²) in [6.45, 7) is 2.90. The topological polar surface area (TPSA) is 32.3 Å². The Hall–Kier alpha value is -1.35. The van der Waals surface area contributed by atoms with Crippen LogP contribution in [0.3, 0.4) is 0 Å². The summed E-state index contributed by atoms with van der Waals surface area (Å²) in [6.07, 6.45) is 3.39. The number of hydrogen-bond donors (Lipinski definition) is 1. The zero-order valence-electron chi connectivity index (χ0n) is 10.1. The van der Waals surface area contributed by atoms with Crippen LogP contribution in [0.2, 0.25) is 0 Å². The predicted molar refractivity (Wildman–Crippen MR) is 68.1 cm³/mol. The van der Waals surface area contributed by atoms with Gasteiger partial charge in [0.05, 0.1) is 6.04 Å². The molecule has 1 aromatic rings. The molecule has 2 fully saturated rings. The van der Waals surface area contributed by atoms with Crippen molar-refractivity contribution < 1.29 is 4.79 Å². The maximum atomic E-state index is 12.2. The van der Waals surface area contributed by atoms with Gasteiger partial charge in [-0.15, -0.1) is 0 Å². The third-order valence-electron chi connectivity index (χ3n) is 3.57. The van der Waals surface area contributed by atoms with Gasteiger partial charge in [0.1, 0.15) is 0 Å². The van der Waals surface area contributed by atoms with E-state index in [1.54, 1.807) is 0 Å². The Bertz CT molecular complexity index is 422. The molecule has 0 bridgehead atoms. The van der Waals surface area contributed by atoms with Crippen LogP contribution in [0.5, 0.6) is 0 Å². The van der Waals surface area contributed by atoms with E-state index in [0.717, 1.165) is 18.7 Å². The highest BCUT2D eigenvalue weighted by molar-refractivity contribution is 5.99. The highest BCUT2D eigenvalue weighted by Gasteiger charge is 2.35. The van der Waals surface area contributed by atoms with E-state index in [-0.39, 0.29) is 11.9 Å². The second-order valence-corrected chi connectivity index (χ2v) is 5.11. The van der Waals surface area contributed by atoms with Crippen LogP contribution in [0.1, 0.15) is 24.8 Å². The van der Waals surface area contributed by atoms with Crippen molar-refractivity contribution in [1.29, 1.82) is 0 Å². The molecular formula is C14H18N2O. The number of nitrogens with one attached hydrogen (secondary N) is 1. The Morgan fingerprint density at radius 2 is 1.88 bits per heavy atom. The van der Waals surface area contributed by atoms with Crippen LogP contribution in [0, 0.1) is 6.92 Å². The molecule has 2 aliphatic rings. The summed E-state index contributed by atoms with van der Waals surface area (Å²) in [6, 6.07) is 8.83. The molecule has 1 saturated heterocycles. The van der Waals surface area contributed by atoms with Crippen molar-refractivity contribution in [2.75, 3.05) is 11.4 Å². The van der Waals surface area contributed by atoms with Gasteiger partial charge in [0.15, 0.2) is 0 Å². The summed E-state index contributed by atoms with van der Waals surface area (Å²) in [5.74, 6) is 0.237. The molecule has 1 aliphatic carbocycles. The maximum Gasteiger partial charge on any atom is 0.244 e. The summed E-state index contributed by atoms with van der Waals surface area (Å²) in [5, 5.41) is 3.42. The number of amides is 1. The minimum atomic E-state index is 0.0452. The second kappa shape index (κ2) is 4.15. The summed E-state index contributed by atoms with van der Waals surface area (Å²) < 4.78 is 0. The Kier molecular flexibility index (Phi) is 2.63. The molecule has 1 heterocycles. The lowest BCUT2D eigenvalue weighted by atomic mass is 10.2. The summed E-state index contributed by atoms with van der Waals surface area (Å²) in [7, 11) is 0. The minimum absolute atomic E-state index is 0.0452. The molecule has 3 nitrogen and oxygen atoms in total. The molecule has 0 spiro atoms. The molecule has 1 aromatic carbocycles. The first kappa shape index (κ1) is 10.8. The predicted octanol–water partition coefficient (Wildman–Crippen LogP) is 1.85. The SMILES string of the molecule is Cc1ccc(N2CCC(NC3CC3)C2=O)cc1. The highest BCUT2D eigenvalue weighted by Crippen LogP contribution is 2.25. The quantitative estimate of drug-likeness (QED) is 0.859. The van der Waals surface area contributed by atoms with Gasteiger partial charge in [-0.2, -0.15) is 0 Å². The van der Waals surface area contributed by atoms with Crippen LogP contribution < -0.4 is 10.2 Å². The van der Waals surface area contributed by atoms with Crippen molar-refractivity contribution in [2.45, 2.75) is 38.3 Å². The molecule has 3 heteroatoms. The normalized spacial score (nSPS) is 24.4. The molecule has 1 aliphatic heterocycles. The summed E-state index contributed by atoms with van der Waals surface area (Å²) in [4.78, 5) is 14.1. The second-order valence-electron chi connectivity index (χ2n) is 5.11. The largest absolute Gasteiger partial charge is 0.311 e. The fraction of sp³-hybridized carbons (Fsp3) is 0.500. The van der Waals surface area contributed by atoms with Gasteiger partial charge in [-0.25, -0.2) is 0 Å². The number of rotatable bonds is 3. The number of carbonyl (C=O) groups excluding carboxylic acids is 1. The Morgan fingerprint density at radius 3 is 2.53 bits per heavy atom. The third-order valence-corrected chi connectivity index (χ3v) is 3.57. The fourth-order valence-electron chi connectivity index (χ4n) is 2.35. The van der Waals surface area contributed by atoms with E-state index in [1.807, 2.05) is 17.0 Å². The smallest absolute Gasteiger partial charge is 0.244 e. The van der Waals surface area contributed by atoms with Gasteiger partial charge < -0.3 is 10.2 Å². The van der Waals surface area contributed by atoms with Crippen molar-refractivity contribution >= 4 is 11.6 Å². The third kappa shape index (κ3) is 2.20. The van der Waals surface area contributed by atoms with Gasteiger partial charge >= 0.3 is 0 Å². The number of aryl methyl sites for hydroxylation is 1. The van der Waals surface area contributed by atoms with Crippen molar-refractivity contribution in [1.82, 2.24) is 5.32 Å². The average molecular weight is 230 g/mol. The molecule has 1 saturated carbocycles. The molecule has 0 radical (unpaired) electrons. The lowest BCUT2D eigenvalue weighted by molar-refractivity contribution is -0.118. The van der Waals surface area contributed by atoms with Crippen molar-refractivity contribution in [3.05, 3.63) is 29.8 Å².